The molecule has 0 aliphatic rings. The fourth-order valence-corrected chi connectivity index (χ4v) is 5.55. The number of unbranched alkanes of at least 4 members (excludes halogenated alkanes) is 16. The minimum Gasteiger partial charge on any atom is -0.480 e. The predicted molar refractivity (Wildman–Crippen MR) is 189 cm³/mol. The third-order valence-corrected chi connectivity index (χ3v) is 8.64. The normalized spacial score (nSPS) is 14.2. The molecule has 0 saturated heterocycles. The number of rotatable bonds is 34. The third-order valence-electron chi connectivity index (χ3n) is 7.69. The van der Waals surface area contributed by atoms with Crippen LogP contribution in [-0.2, 0) is 32.7 Å². The number of esters is 1. The Balaban J connectivity index is 4.01. The van der Waals surface area contributed by atoms with Crippen molar-refractivity contribution >= 4 is 25.7 Å². The third kappa shape index (κ3) is 31.2. The van der Waals surface area contributed by atoms with Gasteiger partial charge in [-0.1, -0.05) is 109 Å². The molecule has 0 rings (SSSR count). The molecule has 48 heavy (non-hydrogen) atoms. The number of allylic oxidation sites excluding steroid dienone is 4. The summed E-state index contributed by atoms with van der Waals surface area (Å²) in [7, 11) is -4.75. The number of hydrogen-bond donors (Lipinski definition) is 4. The van der Waals surface area contributed by atoms with E-state index in [9.17, 15) is 34.1 Å². The second-order valence-corrected chi connectivity index (χ2v) is 13.9. The van der Waals surface area contributed by atoms with Crippen molar-refractivity contribution in [2.24, 2.45) is 0 Å². The molecule has 0 fully saturated rings. The Kier molecular flexibility index (Phi) is 30.8. The molecule has 11 nitrogen and oxygen atoms in total. The number of phosphoric ester groups is 1. The van der Waals surface area contributed by atoms with E-state index in [2.05, 4.69) is 43.5 Å². The van der Waals surface area contributed by atoms with Crippen LogP contribution in [0.25, 0.3) is 0 Å². The highest BCUT2D eigenvalue weighted by molar-refractivity contribution is 7.47. The van der Waals surface area contributed by atoms with Crippen molar-refractivity contribution in [3.8, 4) is 0 Å². The number of carbonyl (C=O) groups is 3. The first-order valence-corrected chi connectivity index (χ1v) is 19.9. The molecule has 4 N–H and O–H groups in total. The van der Waals surface area contributed by atoms with Gasteiger partial charge in [-0.25, -0.2) is 9.36 Å². The second-order valence-electron chi connectivity index (χ2n) is 12.4. The SMILES string of the molecule is CCC/C=C\CCCCCCCC(=O)OCC(O)COP(=O)(O)OCC(NC(=O)CCCCCCC/C=C\CCCCCCC)C(=O)O. The van der Waals surface area contributed by atoms with Crippen molar-refractivity contribution in [1.82, 2.24) is 5.32 Å². The first-order valence-electron chi connectivity index (χ1n) is 18.4. The van der Waals surface area contributed by atoms with Gasteiger partial charge >= 0.3 is 19.8 Å². The van der Waals surface area contributed by atoms with Crippen molar-refractivity contribution in [2.45, 2.75) is 167 Å². The van der Waals surface area contributed by atoms with Gasteiger partial charge in [-0.3, -0.25) is 18.6 Å². The van der Waals surface area contributed by atoms with Gasteiger partial charge in [0.2, 0.25) is 5.91 Å². The Morgan fingerprint density at radius 3 is 1.67 bits per heavy atom. The summed E-state index contributed by atoms with van der Waals surface area (Å²) in [5.74, 6) is -2.40. The average molecular weight is 704 g/mol. The quantitative estimate of drug-likeness (QED) is 0.0221. The molecule has 0 heterocycles. The molecule has 12 heteroatoms. The Hall–Kier alpha value is -2.04. The Morgan fingerprint density at radius 2 is 1.12 bits per heavy atom. The van der Waals surface area contributed by atoms with E-state index in [1.165, 1.54) is 32.1 Å². The molecule has 3 unspecified atom stereocenters. The zero-order chi connectivity index (χ0) is 35.7. The van der Waals surface area contributed by atoms with Crippen LogP contribution in [0.15, 0.2) is 24.3 Å². The lowest BCUT2D eigenvalue weighted by Gasteiger charge is -2.18. The first-order chi connectivity index (χ1) is 23.1. The molecule has 0 aliphatic heterocycles. The van der Waals surface area contributed by atoms with Crippen LogP contribution >= 0.6 is 7.82 Å². The highest BCUT2D eigenvalue weighted by Crippen LogP contribution is 2.43. The van der Waals surface area contributed by atoms with E-state index in [-0.39, 0.29) is 12.8 Å². The summed E-state index contributed by atoms with van der Waals surface area (Å²) in [6, 6.07) is -1.55. The van der Waals surface area contributed by atoms with Crippen LogP contribution in [0.5, 0.6) is 0 Å². The Bertz CT molecular complexity index is 926. The van der Waals surface area contributed by atoms with E-state index in [0.29, 0.717) is 12.8 Å². The molecule has 0 aromatic heterocycles. The number of hydrogen-bond acceptors (Lipinski definition) is 8. The van der Waals surface area contributed by atoms with E-state index >= 15 is 0 Å². The summed E-state index contributed by atoms with van der Waals surface area (Å²) in [6.07, 6.45) is 29.3. The summed E-state index contributed by atoms with van der Waals surface area (Å²) in [6.45, 7) is 2.47. The van der Waals surface area contributed by atoms with Gasteiger partial charge in [-0.15, -0.1) is 0 Å². The van der Waals surface area contributed by atoms with E-state index in [0.717, 1.165) is 83.5 Å². The summed E-state index contributed by atoms with van der Waals surface area (Å²) in [4.78, 5) is 45.6. The molecule has 3 atom stereocenters. The molecule has 0 bridgehead atoms. The van der Waals surface area contributed by atoms with Crippen LogP contribution in [0.4, 0.5) is 0 Å². The van der Waals surface area contributed by atoms with E-state index in [4.69, 9.17) is 13.8 Å². The van der Waals surface area contributed by atoms with Crippen LogP contribution in [-0.4, -0.2) is 64.9 Å². The van der Waals surface area contributed by atoms with Crippen molar-refractivity contribution in [2.75, 3.05) is 19.8 Å². The number of aliphatic hydroxyl groups is 1. The fourth-order valence-electron chi connectivity index (χ4n) is 4.78. The largest absolute Gasteiger partial charge is 0.480 e. The zero-order valence-electron chi connectivity index (χ0n) is 29.8. The summed E-state index contributed by atoms with van der Waals surface area (Å²) in [5, 5.41) is 21.7. The Morgan fingerprint density at radius 1 is 0.646 bits per heavy atom. The maximum Gasteiger partial charge on any atom is 0.472 e. The van der Waals surface area contributed by atoms with E-state index < -0.39 is 57.6 Å². The second kappa shape index (κ2) is 32.2. The first kappa shape index (κ1) is 46.0. The predicted octanol–water partition coefficient (Wildman–Crippen LogP) is 8.33. The number of carboxylic acid groups (broad SMARTS) is 1. The molecule has 0 aromatic rings. The van der Waals surface area contributed by atoms with Crippen LogP contribution in [0.2, 0.25) is 0 Å². The average Bonchev–Trinajstić information content (AvgIpc) is 3.05. The van der Waals surface area contributed by atoms with Gasteiger partial charge in [0.1, 0.15) is 12.7 Å². The van der Waals surface area contributed by atoms with E-state index in [1.807, 2.05) is 0 Å². The number of aliphatic carboxylic acids is 1. The van der Waals surface area contributed by atoms with E-state index in [1.54, 1.807) is 0 Å². The smallest absolute Gasteiger partial charge is 0.472 e. The number of amides is 1. The van der Waals surface area contributed by atoms with Gasteiger partial charge in [0, 0.05) is 12.8 Å². The van der Waals surface area contributed by atoms with Gasteiger partial charge in [-0.05, 0) is 57.8 Å². The number of carboxylic acids is 1. The van der Waals surface area contributed by atoms with Gasteiger partial charge in [0.15, 0.2) is 6.04 Å². The lowest BCUT2D eigenvalue weighted by molar-refractivity contribution is -0.147. The van der Waals surface area contributed by atoms with Crippen molar-refractivity contribution in [3.63, 3.8) is 0 Å². The monoisotopic (exact) mass is 703 g/mol. The van der Waals surface area contributed by atoms with Gasteiger partial charge < -0.3 is 25.2 Å². The van der Waals surface area contributed by atoms with Crippen molar-refractivity contribution in [3.05, 3.63) is 24.3 Å². The summed E-state index contributed by atoms with van der Waals surface area (Å²) < 4.78 is 26.6. The molecule has 0 spiro atoms. The van der Waals surface area contributed by atoms with Gasteiger partial charge in [-0.2, -0.15) is 0 Å². The Labute approximate surface area is 289 Å². The maximum absolute atomic E-state index is 12.2. The number of phosphoric acid groups is 1. The van der Waals surface area contributed by atoms with Crippen LogP contribution in [0, 0.1) is 0 Å². The minimum atomic E-state index is -4.75. The standard InChI is InChI=1S/C36H66NO10P/c1-3-5-7-9-11-13-15-16-17-18-19-21-23-25-27-34(39)37-33(36(41)42)31-47-48(43,44)46-30-32(38)29-45-35(40)28-26-24-22-20-14-12-10-8-6-4-2/h8,10,15-16,32-33,38H,3-7,9,11-14,17-31H2,1-2H3,(H,37,39)(H,41,42)(H,43,44)/b10-8-,16-15-. The summed E-state index contributed by atoms with van der Waals surface area (Å²) in [5.41, 5.74) is 0. The maximum atomic E-state index is 12.2. The number of ether oxygens (including phenoxy) is 1. The zero-order valence-corrected chi connectivity index (χ0v) is 30.7. The van der Waals surface area contributed by atoms with Crippen LogP contribution in [0.1, 0.15) is 155 Å². The molecular weight excluding hydrogens is 637 g/mol. The topological polar surface area (TPSA) is 169 Å². The van der Waals surface area contributed by atoms with Crippen molar-refractivity contribution < 1.29 is 47.8 Å². The molecule has 280 valence electrons. The molecular formula is C36H66NO10P. The highest BCUT2D eigenvalue weighted by Gasteiger charge is 2.28. The lowest BCUT2D eigenvalue weighted by atomic mass is 10.1. The number of carbonyl (C=O) groups excluding carboxylic acids is 2. The van der Waals surface area contributed by atoms with Crippen LogP contribution in [0.3, 0.4) is 0 Å². The molecule has 0 aromatic carbocycles. The number of aliphatic hydroxyl groups excluding tert-OH is 1. The summed E-state index contributed by atoms with van der Waals surface area (Å²) >= 11 is 0. The molecule has 0 aliphatic carbocycles. The van der Waals surface area contributed by atoms with Gasteiger partial charge in [0.05, 0.1) is 13.2 Å². The minimum absolute atomic E-state index is 0.136. The molecule has 0 radical (unpaired) electrons. The molecule has 0 saturated carbocycles. The number of nitrogens with one attached hydrogen (secondary N) is 1. The lowest BCUT2D eigenvalue weighted by Crippen LogP contribution is -2.43. The van der Waals surface area contributed by atoms with Crippen LogP contribution < -0.4 is 5.32 Å². The highest BCUT2D eigenvalue weighted by atomic mass is 31.2. The van der Waals surface area contributed by atoms with Crippen molar-refractivity contribution in [1.29, 1.82) is 0 Å². The van der Waals surface area contributed by atoms with Gasteiger partial charge in [0.25, 0.3) is 0 Å². The fraction of sp³-hybridized carbons (Fsp3) is 0.806. The molecule has 1 amide bonds.